The van der Waals surface area contributed by atoms with Gasteiger partial charge in [-0.1, -0.05) is 54.6 Å². The predicted molar refractivity (Wildman–Crippen MR) is 139 cm³/mol. The van der Waals surface area contributed by atoms with E-state index in [1.165, 1.54) is 0 Å². The molecule has 0 bridgehead atoms. The highest BCUT2D eigenvalue weighted by molar-refractivity contribution is 5.70. The number of hydrogen-bond acceptors (Lipinski definition) is 7. The quantitative estimate of drug-likeness (QED) is 0.303. The fourth-order valence-corrected chi connectivity index (χ4v) is 4.78. The minimum atomic E-state index is -1.01. The van der Waals surface area contributed by atoms with Crippen molar-refractivity contribution in [3.63, 3.8) is 0 Å². The Balaban J connectivity index is 1.71. The molecular formula is C30H34O7. The lowest BCUT2D eigenvalue weighted by Crippen LogP contribution is -2.38. The number of esters is 1. The Kier molecular flexibility index (Phi) is 8.82. The van der Waals surface area contributed by atoms with Gasteiger partial charge in [-0.15, -0.1) is 0 Å². The Morgan fingerprint density at radius 1 is 0.892 bits per heavy atom. The molecule has 3 atom stereocenters. The lowest BCUT2D eigenvalue weighted by atomic mass is 9.80. The van der Waals surface area contributed by atoms with Crippen molar-refractivity contribution < 1.29 is 33.6 Å². The molecule has 0 unspecified atom stereocenters. The van der Waals surface area contributed by atoms with Gasteiger partial charge >= 0.3 is 5.97 Å². The third kappa shape index (κ3) is 5.96. The van der Waals surface area contributed by atoms with Crippen LogP contribution in [0.1, 0.15) is 36.5 Å². The second kappa shape index (κ2) is 12.2. The number of hydrogen-bond donors (Lipinski definition) is 1. The molecule has 0 spiro atoms. The Labute approximate surface area is 217 Å². The van der Waals surface area contributed by atoms with Crippen molar-refractivity contribution in [1.82, 2.24) is 0 Å². The summed E-state index contributed by atoms with van der Waals surface area (Å²) in [7, 11) is 3.26. The average Bonchev–Trinajstić information content (AvgIpc) is 3.28. The summed E-state index contributed by atoms with van der Waals surface area (Å²) in [6.45, 7) is 2.18. The van der Waals surface area contributed by atoms with Gasteiger partial charge in [0.1, 0.15) is 23.2 Å². The van der Waals surface area contributed by atoms with E-state index in [2.05, 4.69) is 0 Å². The second-order valence-corrected chi connectivity index (χ2v) is 8.92. The number of carbonyl (C=O) groups is 1. The minimum absolute atomic E-state index is 0.0994. The maximum atomic E-state index is 12.0. The molecule has 0 amide bonds. The van der Waals surface area contributed by atoms with Crippen LogP contribution in [0.4, 0.5) is 0 Å². The first-order chi connectivity index (χ1) is 18.0. The fraction of sp³-hybridized carbons (Fsp3) is 0.367. The summed E-state index contributed by atoms with van der Waals surface area (Å²) in [6, 6.07) is 25.4. The van der Waals surface area contributed by atoms with Crippen LogP contribution in [-0.4, -0.2) is 56.8 Å². The standard InChI is InChI=1S/C30H34O7/c1-4-35-29(32)19-26-18-27(31)28(37-26)20-36-30(21-8-6-5-7-9-21,22-10-14-24(33-2)15-11-22)23-12-16-25(34-3)17-13-23/h5-17,26-28,31H,4,18-20H2,1-3H3/t26-,27-,28+/m0/s1. The highest BCUT2D eigenvalue weighted by Gasteiger charge is 2.42. The summed E-state index contributed by atoms with van der Waals surface area (Å²) in [5.41, 5.74) is 1.68. The molecule has 7 nitrogen and oxygen atoms in total. The number of aliphatic hydroxyl groups excluding tert-OH is 1. The zero-order chi connectivity index (χ0) is 26.3. The van der Waals surface area contributed by atoms with Gasteiger partial charge in [0.25, 0.3) is 0 Å². The normalized spacial score (nSPS) is 19.4. The van der Waals surface area contributed by atoms with Gasteiger partial charge in [-0.3, -0.25) is 4.79 Å². The molecule has 0 saturated carbocycles. The van der Waals surface area contributed by atoms with Gasteiger partial charge in [-0.05, 0) is 47.9 Å². The van der Waals surface area contributed by atoms with Gasteiger partial charge in [-0.2, -0.15) is 0 Å². The molecule has 0 aromatic heterocycles. The molecule has 1 saturated heterocycles. The van der Waals surface area contributed by atoms with Crippen LogP contribution < -0.4 is 9.47 Å². The topological polar surface area (TPSA) is 83.5 Å². The van der Waals surface area contributed by atoms with Crippen LogP contribution in [-0.2, 0) is 24.6 Å². The molecule has 1 aliphatic rings. The summed E-state index contributed by atoms with van der Waals surface area (Å²) in [5.74, 6) is 1.13. The lowest BCUT2D eigenvalue weighted by Gasteiger charge is -2.37. The zero-order valence-electron chi connectivity index (χ0n) is 21.5. The monoisotopic (exact) mass is 506 g/mol. The molecule has 4 rings (SSSR count). The van der Waals surface area contributed by atoms with Crippen LogP contribution in [0, 0.1) is 0 Å². The summed E-state index contributed by atoms with van der Waals surface area (Å²) >= 11 is 0. The van der Waals surface area contributed by atoms with E-state index in [1.54, 1.807) is 21.1 Å². The third-order valence-corrected chi connectivity index (χ3v) is 6.64. The van der Waals surface area contributed by atoms with E-state index in [4.69, 9.17) is 23.7 Å². The van der Waals surface area contributed by atoms with E-state index in [0.29, 0.717) is 13.0 Å². The molecule has 3 aromatic carbocycles. The first kappa shape index (κ1) is 26.7. The van der Waals surface area contributed by atoms with Crippen molar-refractivity contribution >= 4 is 5.97 Å². The molecule has 1 N–H and O–H groups in total. The van der Waals surface area contributed by atoms with E-state index < -0.39 is 23.9 Å². The molecule has 37 heavy (non-hydrogen) atoms. The van der Waals surface area contributed by atoms with E-state index >= 15 is 0 Å². The Hall–Kier alpha value is -3.39. The van der Waals surface area contributed by atoms with Crippen LogP contribution in [0.2, 0.25) is 0 Å². The lowest BCUT2D eigenvalue weighted by molar-refractivity contribution is -0.147. The first-order valence-electron chi connectivity index (χ1n) is 12.5. The van der Waals surface area contributed by atoms with Crippen molar-refractivity contribution in [2.45, 2.75) is 43.7 Å². The highest BCUT2D eigenvalue weighted by atomic mass is 16.6. The van der Waals surface area contributed by atoms with Gasteiger partial charge in [0.15, 0.2) is 0 Å². The van der Waals surface area contributed by atoms with Crippen LogP contribution in [0.5, 0.6) is 11.5 Å². The number of ether oxygens (including phenoxy) is 5. The van der Waals surface area contributed by atoms with Crippen LogP contribution in [0.15, 0.2) is 78.9 Å². The van der Waals surface area contributed by atoms with Crippen molar-refractivity contribution in [1.29, 1.82) is 0 Å². The first-order valence-corrected chi connectivity index (χ1v) is 12.5. The van der Waals surface area contributed by atoms with Crippen molar-refractivity contribution in [2.75, 3.05) is 27.4 Å². The number of methoxy groups -OCH3 is 2. The number of benzene rings is 3. The van der Waals surface area contributed by atoms with E-state index in [1.807, 2.05) is 78.9 Å². The number of carbonyl (C=O) groups excluding carboxylic acids is 1. The fourth-order valence-electron chi connectivity index (χ4n) is 4.78. The van der Waals surface area contributed by atoms with E-state index in [9.17, 15) is 9.90 Å². The molecule has 1 aliphatic heterocycles. The van der Waals surface area contributed by atoms with Crippen molar-refractivity contribution in [2.24, 2.45) is 0 Å². The largest absolute Gasteiger partial charge is 0.497 e. The number of aliphatic hydroxyl groups is 1. The van der Waals surface area contributed by atoms with Crippen molar-refractivity contribution in [3.8, 4) is 11.5 Å². The molecule has 7 heteroatoms. The predicted octanol–water partition coefficient (Wildman–Crippen LogP) is 4.48. The minimum Gasteiger partial charge on any atom is -0.497 e. The Morgan fingerprint density at radius 2 is 1.43 bits per heavy atom. The van der Waals surface area contributed by atoms with E-state index in [-0.39, 0.29) is 19.0 Å². The molecule has 3 aromatic rings. The number of rotatable bonds is 11. The molecule has 1 heterocycles. The Morgan fingerprint density at radius 3 is 1.95 bits per heavy atom. The highest BCUT2D eigenvalue weighted by Crippen LogP contribution is 2.42. The molecule has 0 aliphatic carbocycles. The van der Waals surface area contributed by atoms with Crippen molar-refractivity contribution in [3.05, 3.63) is 95.6 Å². The van der Waals surface area contributed by atoms with Gasteiger partial charge in [0, 0.05) is 6.42 Å². The maximum absolute atomic E-state index is 12.0. The van der Waals surface area contributed by atoms with Crippen LogP contribution in [0.3, 0.4) is 0 Å². The van der Waals surface area contributed by atoms with Gasteiger partial charge in [-0.25, -0.2) is 0 Å². The molecule has 0 radical (unpaired) electrons. The maximum Gasteiger partial charge on any atom is 0.308 e. The van der Waals surface area contributed by atoms with Gasteiger partial charge in [0.2, 0.25) is 0 Å². The third-order valence-electron chi connectivity index (χ3n) is 6.64. The summed E-state index contributed by atoms with van der Waals surface area (Å²) < 4.78 is 28.7. The SMILES string of the molecule is CCOC(=O)C[C@@H]1C[C@H](O)[C@@H](COC(c2ccccc2)(c2ccc(OC)cc2)c2ccc(OC)cc2)O1. The zero-order valence-corrected chi connectivity index (χ0v) is 21.5. The van der Waals surface area contributed by atoms with Crippen LogP contribution in [0.25, 0.3) is 0 Å². The molecule has 196 valence electrons. The van der Waals surface area contributed by atoms with Gasteiger partial charge in [0.05, 0.1) is 46.1 Å². The summed E-state index contributed by atoms with van der Waals surface area (Å²) in [5, 5.41) is 10.8. The molecule has 1 fully saturated rings. The smallest absolute Gasteiger partial charge is 0.308 e. The average molecular weight is 507 g/mol. The van der Waals surface area contributed by atoms with Gasteiger partial charge < -0.3 is 28.8 Å². The summed E-state index contributed by atoms with van der Waals surface area (Å²) in [4.78, 5) is 12.0. The second-order valence-electron chi connectivity index (χ2n) is 8.92. The summed E-state index contributed by atoms with van der Waals surface area (Å²) in [6.07, 6.45) is -1.34. The Bertz CT molecular complexity index is 1080. The molecular weight excluding hydrogens is 472 g/mol. The van der Waals surface area contributed by atoms with Crippen LogP contribution >= 0.6 is 0 Å². The van der Waals surface area contributed by atoms with E-state index in [0.717, 1.165) is 28.2 Å².